The van der Waals surface area contributed by atoms with E-state index < -0.39 is 0 Å². The first-order valence-corrected chi connectivity index (χ1v) is 6.00. The summed E-state index contributed by atoms with van der Waals surface area (Å²) in [5.74, 6) is 0.743. The number of aromatic nitrogens is 2. The van der Waals surface area contributed by atoms with Crippen LogP contribution in [0.2, 0.25) is 0 Å². The fourth-order valence-electron chi connectivity index (χ4n) is 1.82. The van der Waals surface area contributed by atoms with E-state index in [9.17, 15) is 4.79 Å². The Bertz CT molecular complexity index is 646. The highest BCUT2D eigenvalue weighted by molar-refractivity contribution is 6.04. The van der Waals surface area contributed by atoms with Crippen molar-refractivity contribution in [2.75, 3.05) is 24.3 Å². The van der Waals surface area contributed by atoms with Crippen molar-refractivity contribution < 1.29 is 14.3 Å². The first-order chi connectivity index (χ1) is 9.74. The number of hydrogen-bond donors (Lipinski definition) is 2. The van der Waals surface area contributed by atoms with E-state index in [0.29, 0.717) is 36.1 Å². The van der Waals surface area contributed by atoms with E-state index in [4.69, 9.17) is 15.2 Å². The molecule has 0 aliphatic carbocycles. The minimum Gasteiger partial charge on any atom is -0.486 e. The zero-order valence-corrected chi connectivity index (χ0v) is 10.5. The molecule has 1 aliphatic rings. The van der Waals surface area contributed by atoms with Gasteiger partial charge in [0.25, 0.3) is 5.91 Å². The summed E-state index contributed by atoms with van der Waals surface area (Å²) in [4.78, 5) is 19.8. The van der Waals surface area contributed by atoms with Gasteiger partial charge in [-0.25, -0.2) is 4.98 Å². The van der Waals surface area contributed by atoms with Crippen molar-refractivity contribution in [2.45, 2.75) is 0 Å². The van der Waals surface area contributed by atoms with Crippen LogP contribution in [0.15, 0.2) is 30.7 Å². The van der Waals surface area contributed by atoms with Gasteiger partial charge in [0.15, 0.2) is 11.5 Å². The SMILES string of the molecule is Nc1cc2c(cc1NC(=O)c1cnccn1)OCCO2. The third-order valence-corrected chi connectivity index (χ3v) is 2.76. The third-order valence-electron chi connectivity index (χ3n) is 2.76. The summed E-state index contributed by atoms with van der Waals surface area (Å²) in [6.07, 6.45) is 4.32. The minimum absolute atomic E-state index is 0.210. The van der Waals surface area contributed by atoms with E-state index in [0.717, 1.165) is 0 Å². The van der Waals surface area contributed by atoms with E-state index in [1.54, 1.807) is 12.1 Å². The van der Waals surface area contributed by atoms with Crippen molar-refractivity contribution in [1.82, 2.24) is 9.97 Å². The Labute approximate surface area is 114 Å². The first-order valence-electron chi connectivity index (χ1n) is 6.00. The number of nitrogens with one attached hydrogen (secondary N) is 1. The number of fused-ring (bicyclic) bond motifs is 1. The molecule has 0 atom stereocenters. The van der Waals surface area contributed by atoms with Crippen LogP contribution in [0.1, 0.15) is 10.5 Å². The van der Waals surface area contributed by atoms with Crippen molar-refractivity contribution in [2.24, 2.45) is 0 Å². The van der Waals surface area contributed by atoms with Crippen LogP contribution in [-0.4, -0.2) is 29.1 Å². The molecule has 1 aliphatic heterocycles. The predicted molar refractivity (Wildman–Crippen MR) is 71.8 cm³/mol. The van der Waals surface area contributed by atoms with E-state index in [1.807, 2.05) is 0 Å². The lowest BCUT2D eigenvalue weighted by Gasteiger charge is -2.20. The number of anilines is 2. The van der Waals surface area contributed by atoms with Gasteiger partial charge in [-0.05, 0) is 0 Å². The molecule has 0 unspecified atom stereocenters. The molecule has 20 heavy (non-hydrogen) atoms. The van der Waals surface area contributed by atoms with Crippen LogP contribution in [0.5, 0.6) is 11.5 Å². The molecule has 7 heteroatoms. The van der Waals surface area contributed by atoms with Crippen LogP contribution >= 0.6 is 0 Å². The van der Waals surface area contributed by atoms with Gasteiger partial charge in [-0.1, -0.05) is 0 Å². The molecule has 3 rings (SSSR count). The second-order valence-corrected chi connectivity index (χ2v) is 4.13. The number of nitrogens with two attached hydrogens (primary N) is 1. The lowest BCUT2D eigenvalue weighted by molar-refractivity contribution is 0.102. The maximum Gasteiger partial charge on any atom is 0.275 e. The number of amides is 1. The molecule has 2 aromatic rings. The van der Waals surface area contributed by atoms with Crippen molar-refractivity contribution in [3.05, 3.63) is 36.4 Å². The number of hydrogen-bond acceptors (Lipinski definition) is 6. The molecule has 2 heterocycles. The maximum atomic E-state index is 12.0. The molecular formula is C13H12N4O3. The number of ether oxygens (including phenoxy) is 2. The Balaban J connectivity index is 1.86. The molecule has 0 spiro atoms. The molecule has 0 bridgehead atoms. The first kappa shape index (κ1) is 12.2. The quantitative estimate of drug-likeness (QED) is 0.794. The van der Waals surface area contributed by atoms with E-state index in [2.05, 4.69) is 15.3 Å². The predicted octanol–water partition coefficient (Wildman–Crippen LogP) is 1.08. The van der Waals surface area contributed by atoms with Crippen LogP contribution in [-0.2, 0) is 0 Å². The molecule has 0 saturated heterocycles. The summed E-state index contributed by atoms with van der Waals surface area (Å²) < 4.78 is 10.9. The Hall–Kier alpha value is -2.83. The molecule has 0 fully saturated rings. The lowest BCUT2D eigenvalue weighted by atomic mass is 10.2. The van der Waals surface area contributed by atoms with Gasteiger partial charge in [-0.3, -0.25) is 9.78 Å². The zero-order chi connectivity index (χ0) is 13.9. The molecule has 1 aromatic heterocycles. The van der Waals surface area contributed by atoms with Crippen molar-refractivity contribution in [1.29, 1.82) is 0 Å². The van der Waals surface area contributed by atoms with Crippen LogP contribution in [0, 0.1) is 0 Å². The summed E-state index contributed by atoms with van der Waals surface area (Å²) >= 11 is 0. The molecule has 1 amide bonds. The second-order valence-electron chi connectivity index (χ2n) is 4.13. The Morgan fingerprint density at radius 2 is 1.95 bits per heavy atom. The topological polar surface area (TPSA) is 99.4 Å². The smallest absolute Gasteiger partial charge is 0.275 e. The highest BCUT2D eigenvalue weighted by atomic mass is 16.6. The van der Waals surface area contributed by atoms with Crippen LogP contribution in [0.25, 0.3) is 0 Å². The number of carbonyl (C=O) groups excluding carboxylic acids is 1. The standard InChI is InChI=1S/C13H12N4O3/c14-8-5-11-12(20-4-3-19-11)6-9(8)17-13(18)10-7-15-1-2-16-10/h1-2,5-7H,3-4,14H2,(H,17,18). The van der Waals surface area contributed by atoms with Gasteiger partial charge >= 0.3 is 0 Å². The van der Waals surface area contributed by atoms with Crippen LogP contribution in [0.4, 0.5) is 11.4 Å². The molecule has 0 saturated carbocycles. The van der Waals surface area contributed by atoms with Crippen LogP contribution in [0.3, 0.4) is 0 Å². The molecule has 102 valence electrons. The van der Waals surface area contributed by atoms with Gasteiger partial charge in [0, 0.05) is 24.5 Å². The Morgan fingerprint density at radius 1 is 1.20 bits per heavy atom. The Kier molecular flexibility index (Phi) is 3.08. The average molecular weight is 272 g/mol. The lowest BCUT2D eigenvalue weighted by Crippen LogP contribution is -2.18. The number of benzene rings is 1. The molecule has 0 radical (unpaired) electrons. The minimum atomic E-state index is -0.388. The van der Waals surface area contributed by atoms with Crippen molar-refractivity contribution in [3.8, 4) is 11.5 Å². The molecular weight excluding hydrogens is 260 g/mol. The zero-order valence-electron chi connectivity index (χ0n) is 10.5. The number of nitrogen functional groups attached to an aromatic ring is 1. The van der Waals surface area contributed by atoms with E-state index in [-0.39, 0.29) is 11.6 Å². The van der Waals surface area contributed by atoms with E-state index in [1.165, 1.54) is 18.6 Å². The summed E-state index contributed by atoms with van der Waals surface area (Å²) in [5.41, 5.74) is 6.94. The van der Waals surface area contributed by atoms with E-state index >= 15 is 0 Å². The number of nitrogens with zero attached hydrogens (tertiary/aromatic N) is 2. The van der Waals surface area contributed by atoms with Gasteiger partial charge in [-0.2, -0.15) is 0 Å². The fourth-order valence-corrected chi connectivity index (χ4v) is 1.82. The monoisotopic (exact) mass is 272 g/mol. The van der Waals surface area contributed by atoms with Gasteiger partial charge < -0.3 is 20.5 Å². The Morgan fingerprint density at radius 3 is 2.65 bits per heavy atom. The molecule has 7 nitrogen and oxygen atoms in total. The normalized spacial score (nSPS) is 12.8. The molecule has 1 aromatic carbocycles. The highest BCUT2D eigenvalue weighted by Crippen LogP contribution is 2.36. The molecule has 3 N–H and O–H groups in total. The van der Waals surface area contributed by atoms with Crippen LogP contribution < -0.4 is 20.5 Å². The van der Waals surface area contributed by atoms with Crippen molar-refractivity contribution >= 4 is 17.3 Å². The van der Waals surface area contributed by atoms with Gasteiger partial charge in [0.1, 0.15) is 18.9 Å². The number of carbonyl (C=O) groups is 1. The van der Waals surface area contributed by atoms with Gasteiger partial charge in [0.2, 0.25) is 0 Å². The number of rotatable bonds is 2. The summed E-state index contributed by atoms with van der Waals surface area (Å²) in [6, 6.07) is 3.26. The summed E-state index contributed by atoms with van der Waals surface area (Å²) in [7, 11) is 0. The average Bonchev–Trinajstić information content (AvgIpc) is 2.49. The van der Waals surface area contributed by atoms with Crippen molar-refractivity contribution in [3.63, 3.8) is 0 Å². The maximum absolute atomic E-state index is 12.0. The largest absolute Gasteiger partial charge is 0.486 e. The van der Waals surface area contributed by atoms with Gasteiger partial charge in [0.05, 0.1) is 17.6 Å². The fraction of sp³-hybridized carbons (Fsp3) is 0.154. The second kappa shape index (κ2) is 5.04. The highest BCUT2D eigenvalue weighted by Gasteiger charge is 2.16. The summed E-state index contributed by atoms with van der Waals surface area (Å²) in [5, 5.41) is 2.67. The summed E-state index contributed by atoms with van der Waals surface area (Å²) in [6.45, 7) is 0.951. The third kappa shape index (κ3) is 2.33. The van der Waals surface area contributed by atoms with Gasteiger partial charge in [-0.15, -0.1) is 0 Å².